The van der Waals surface area contributed by atoms with E-state index in [0.717, 1.165) is 28.5 Å². The second kappa shape index (κ2) is 6.24. The maximum absolute atomic E-state index is 11.0. The Morgan fingerprint density at radius 3 is 2.80 bits per heavy atom. The molecule has 3 nitrogen and oxygen atoms in total. The summed E-state index contributed by atoms with van der Waals surface area (Å²) in [5, 5.41) is 5.13. The van der Waals surface area contributed by atoms with Gasteiger partial charge in [0.05, 0.1) is 7.11 Å². The SMILES string of the molecule is C=Cc1c(OC)ccc2cccc(CCNC(C)=O)c12. The number of amides is 1. The van der Waals surface area contributed by atoms with Gasteiger partial charge in [0, 0.05) is 19.0 Å². The average molecular weight is 269 g/mol. The number of hydrogen-bond acceptors (Lipinski definition) is 2. The molecule has 0 saturated heterocycles. The molecule has 104 valence electrons. The Labute approximate surface area is 119 Å². The third kappa shape index (κ3) is 2.82. The molecule has 0 heterocycles. The molecule has 0 spiro atoms. The van der Waals surface area contributed by atoms with Crippen LogP contribution in [-0.4, -0.2) is 19.6 Å². The molecule has 0 aromatic heterocycles. The van der Waals surface area contributed by atoms with Gasteiger partial charge in [0.2, 0.25) is 5.91 Å². The van der Waals surface area contributed by atoms with Crippen molar-refractivity contribution in [2.75, 3.05) is 13.7 Å². The zero-order chi connectivity index (χ0) is 14.5. The Morgan fingerprint density at radius 1 is 1.35 bits per heavy atom. The number of ether oxygens (including phenoxy) is 1. The van der Waals surface area contributed by atoms with Crippen LogP contribution in [0.4, 0.5) is 0 Å². The first-order chi connectivity index (χ1) is 9.67. The molecule has 1 amide bonds. The minimum Gasteiger partial charge on any atom is -0.496 e. The molecular formula is C17H19NO2. The number of rotatable bonds is 5. The molecule has 0 saturated carbocycles. The van der Waals surface area contributed by atoms with Crippen LogP contribution in [0.1, 0.15) is 18.1 Å². The van der Waals surface area contributed by atoms with E-state index in [2.05, 4.69) is 24.0 Å². The van der Waals surface area contributed by atoms with Crippen molar-refractivity contribution < 1.29 is 9.53 Å². The first kappa shape index (κ1) is 14.1. The molecule has 0 atom stereocenters. The predicted molar refractivity (Wildman–Crippen MR) is 83.0 cm³/mol. The second-order valence-electron chi connectivity index (χ2n) is 4.63. The van der Waals surface area contributed by atoms with E-state index in [0.29, 0.717) is 6.54 Å². The second-order valence-corrected chi connectivity index (χ2v) is 4.63. The first-order valence-corrected chi connectivity index (χ1v) is 6.63. The van der Waals surface area contributed by atoms with Crippen molar-refractivity contribution in [1.29, 1.82) is 0 Å². The summed E-state index contributed by atoms with van der Waals surface area (Å²) in [4.78, 5) is 11.0. The number of methoxy groups -OCH3 is 1. The number of nitrogens with one attached hydrogen (secondary N) is 1. The summed E-state index contributed by atoms with van der Waals surface area (Å²) >= 11 is 0. The highest BCUT2D eigenvalue weighted by Crippen LogP contribution is 2.31. The zero-order valence-corrected chi connectivity index (χ0v) is 11.9. The molecule has 0 aliphatic rings. The molecule has 2 rings (SSSR count). The summed E-state index contributed by atoms with van der Waals surface area (Å²) in [6, 6.07) is 10.2. The molecule has 0 fully saturated rings. The fourth-order valence-electron chi connectivity index (χ4n) is 2.43. The van der Waals surface area contributed by atoms with Crippen LogP contribution in [0.15, 0.2) is 36.9 Å². The Hall–Kier alpha value is -2.29. The van der Waals surface area contributed by atoms with E-state index in [9.17, 15) is 4.79 Å². The van der Waals surface area contributed by atoms with Gasteiger partial charge in [0.1, 0.15) is 5.75 Å². The number of fused-ring (bicyclic) bond motifs is 1. The molecule has 20 heavy (non-hydrogen) atoms. The third-order valence-corrected chi connectivity index (χ3v) is 3.32. The summed E-state index contributed by atoms with van der Waals surface area (Å²) in [5.74, 6) is 0.811. The summed E-state index contributed by atoms with van der Waals surface area (Å²) in [5.41, 5.74) is 2.19. The van der Waals surface area contributed by atoms with Crippen molar-refractivity contribution in [1.82, 2.24) is 5.32 Å². The van der Waals surface area contributed by atoms with E-state index >= 15 is 0 Å². The van der Waals surface area contributed by atoms with Gasteiger partial charge in [-0.05, 0) is 28.8 Å². The molecule has 0 bridgehead atoms. The number of hydrogen-bond donors (Lipinski definition) is 1. The van der Waals surface area contributed by atoms with Crippen LogP contribution in [0.3, 0.4) is 0 Å². The monoisotopic (exact) mass is 269 g/mol. The maximum Gasteiger partial charge on any atom is 0.216 e. The van der Waals surface area contributed by atoms with E-state index in [1.165, 1.54) is 12.5 Å². The van der Waals surface area contributed by atoms with Crippen molar-refractivity contribution in [3.8, 4) is 5.75 Å². The van der Waals surface area contributed by atoms with Crippen LogP contribution in [0, 0.1) is 0 Å². The standard InChI is InChI=1S/C17H19NO2/c1-4-15-16(20-3)9-8-13-6-5-7-14(17(13)15)10-11-18-12(2)19/h4-9H,1,10-11H2,2-3H3,(H,18,19). The van der Waals surface area contributed by atoms with Crippen LogP contribution in [-0.2, 0) is 11.2 Å². The molecule has 0 unspecified atom stereocenters. The zero-order valence-electron chi connectivity index (χ0n) is 11.9. The maximum atomic E-state index is 11.0. The van der Waals surface area contributed by atoms with Crippen molar-refractivity contribution in [2.45, 2.75) is 13.3 Å². The fraction of sp³-hybridized carbons (Fsp3) is 0.235. The number of carbonyl (C=O) groups is 1. The lowest BCUT2D eigenvalue weighted by Gasteiger charge is -2.13. The molecule has 2 aromatic carbocycles. The van der Waals surface area contributed by atoms with Gasteiger partial charge in [-0.3, -0.25) is 4.79 Å². The van der Waals surface area contributed by atoms with E-state index in [-0.39, 0.29) is 5.91 Å². The molecular weight excluding hydrogens is 250 g/mol. The van der Waals surface area contributed by atoms with Gasteiger partial charge in [-0.2, -0.15) is 0 Å². The first-order valence-electron chi connectivity index (χ1n) is 6.63. The van der Waals surface area contributed by atoms with Crippen molar-refractivity contribution in [2.24, 2.45) is 0 Å². The van der Waals surface area contributed by atoms with Gasteiger partial charge in [0.15, 0.2) is 0 Å². The Balaban J connectivity index is 2.48. The number of carbonyl (C=O) groups excluding carboxylic acids is 1. The van der Waals surface area contributed by atoms with Gasteiger partial charge in [-0.1, -0.05) is 36.9 Å². The highest BCUT2D eigenvalue weighted by atomic mass is 16.5. The van der Waals surface area contributed by atoms with Crippen LogP contribution in [0.2, 0.25) is 0 Å². The van der Waals surface area contributed by atoms with Gasteiger partial charge < -0.3 is 10.1 Å². The summed E-state index contributed by atoms with van der Waals surface area (Å²) in [7, 11) is 1.66. The van der Waals surface area contributed by atoms with Crippen LogP contribution < -0.4 is 10.1 Å². The Morgan fingerprint density at radius 2 is 2.15 bits per heavy atom. The van der Waals surface area contributed by atoms with Crippen molar-refractivity contribution in [3.63, 3.8) is 0 Å². The summed E-state index contributed by atoms with van der Waals surface area (Å²) in [6.45, 7) is 6.05. The van der Waals surface area contributed by atoms with E-state index in [4.69, 9.17) is 4.74 Å². The minimum atomic E-state index is -0.00763. The van der Waals surface area contributed by atoms with Crippen LogP contribution in [0.5, 0.6) is 5.75 Å². The van der Waals surface area contributed by atoms with Gasteiger partial charge in [-0.25, -0.2) is 0 Å². The third-order valence-electron chi connectivity index (χ3n) is 3.32. The highest BCUT2D eigenvalue weighted by Gasteiger charge is 2.09. The van der Waals surface area contributed by atoms with E-state index < -0.39 is 0 Å². The van der Waals surface area contributed by atoms with Crippen molar-refractivity contribution >= 4 is 22.8 Å². The highest BCUT2D eigenvalue weighted by molar-refractivity contribution is 5.95. The number of benzene rings is 2. The van der Waals surface area contributed by atoms with Gasteiger partial charge >= 0.3 is 0 Å². The van der Waals surface area contributed by atoms with Crippen LogP contribution >= 0.6 is 0 Å². The average Bonchev–Trinajstić information content (AvgIpc) is 2.45. The quantitative estimate of drug-likeness (QED) is 0.905. The molecule has 0 aliphatic heterocycles. The van der Waals surface area contributed by atoms with Crippen LogP contribution in [0.25, 0.3) is 16.8 Å². The summed E-state index contributed by atoms with van der Waals surface area (Å²) in [6.07, 6.45) is 2.61. The fourth-order valence-corrected chi connectivity index (χ4v) is 2.43. The van der Waals surface area contributed by atoms with Gasteiger partial charge in [0.25, 0.3) is 0 Å². The van der Waals surface area contributed by atoms with Gasteiger partial charge in [-0.15, -0.1) is 0 Å². The lowest BCUT2D eigenvalue weighted by atomic mass is 9.96. The molecule has 3 heteroatoms. The normalized spacial score (nSPS) is 10.3. The Kier molecular flexibility index (Phi) is 4.41. The topological polar surface area (TPSA) is 38.3 Å². The molecule has 0 radical (unpaired) electrons. The summed E-state index contributed by atoms with van der Waals surface area (Å²) < 4.78 is 5.40. The molecule has 1 N–H and O–H groups in total. The smallest absolute Gasteiger partial charge is 0.216 e. The molecule has 2 aromatic rings. The molecule has 0 aliphatic carbocycles. The lowest BCUT2D eigenvalue weighted by molar-refractivity contribution is -0.118. The Bertz CT molecular complexity index is 647. The largest absolute Gasteiger partial charge is 0.496 e. The predicted octanol–water partition coefficient (Wildman–Crippen LogP) is 3.17. The van der Waals surface area contributed by atoms with Crippen molar-refractivity contribution in [3.05, 3.63) is 48.0 Å². The van der Waals surface area contributed by atoms with E-state index in [1.807, 2.05) is 24.3 Å². The minimum absolute atomic E-state index is 0.00763. The lowest BCUT2D eigenvalue weighted by Crippen LogP contribution is -2.22. The van der Waals surface area contributed by atoms with E-state index in [1.54, 1.807) is 7.11 Å².